The average molecular weight is 365 g/mol. The first-order valence-corrected chi connectivity index (χ1v) is 9.40. The fourth-order valence-electron chi connectivity index (χ4n) is 3.62. The van der Waals surface area contributed by atoms with Crippen molar-refractivity contribution in [2.45, 2.75) is 32.2 Å². The van der Waals surface area contributed by atoms with Crippen molar-refractivity contribution in [3.63, 3.8) is 0 Å². The third kappa shape index (κ3) is 3.49. The zero-order valence-electron chi connectivity index (χ0n) is 15.3. The zero-order chi connectivity index (χ0) is 18.8. The standard InChI is InChI=1S/C20H23N5O2/c1-12-11-21-9-7-14(12)18-15-10-13(5-6-16(15)24-25-18)19(26)23-17-4-2-3-8-22-20(17)27/h5-7,9-10,12,17H,2-4,8,11H2,1H3,(H,22,27)(H,23,26)(H,24,25). The molecule has 2 aliphatic heterocycles. The second-order valence-electron chi connectivity index (χ2n) is 7.18. The number of H-pyrrole nitrogens is 1. The van der Waals surface area contributed by atoms with Crippen molar-refractivity contribution in [3.05, 3.63) is 35.5 Å². The van der Waals surface area contributed by atoms with E-state index in [1.165, 1.54) is 0 Å². The molecule has 3 N–H and O–H groups in total. The van der Waals surface area contributed by atoms with Gasteiger partial charge in [0.15, 0.2) is 0 Å². The monoisotopic (exact) mass is 365 g/mol. The lowest BCUT2D eigenvalue weighted by Crippen LogP contribution is -2.45. The fraction of sp³-hybridized carbons (Fsp3) is 0.400. The van der Waals surface area contributed by atoms with E-state index >= 15 is 0 Å². The van der Waals surface area contributed by atoms with Crippen molar-refractivity contribution in [1.29, 1.82) is 0 Å². The average Bonchev–Trinajstić information content (AvgIpc) is 2.99. The van der Waals surface area contributed by atoms with Crippen molar-refractivity contribution in [3.8, 4) is 0 Å². The van der Waals surface area contributed by atoms with E-state index in [0.29, 0.717) is 18.5 Å². The quantitative estimate of drug-likeness (QED) is 0.776. The summed E-state index contributed by atoms with van der Waals surface area (Å²) >= 11 is 0. The van der Waals surface area contributed by atoms with Gasteiger partial charge in [0.2, 0.25) is 5.91 Å². The van der Waals surface area contributed by atoms with Gasteiger partial charge in [-0.2, -0.15) is 5.10 Å². The number of fused-ring (bicyclic) bond motifs is 1. The highest BCUT2D eigenvalue weighted by atomic mass is 16.2. The Bertz CT molecular complexity index is 943. The van der Waals surface area contributed by atoms with Gasteiger partial charge in [0.1, 0.15) is 6.04 Å². The van der Waals surface area contributed by atoms with E-state index in [9.17, 15) is 9.59 Å². The predicted octanol–water partition coefficient (Wildman–Crippen LogP) is 2.07. The molecule has 0 spiro atoms. The number of rotatable bonds is 3. The molecule has 1 aromatic carbocycles. The summed E-state index contributed by atoms with van der Waals surface area (Å²) in [5.74, 6) is -0.0709. The molecule has 1 aromatic heterocycles. The third-order valence-corrected chi connectivity index (χ3v) is 5.21. The molecular weight excluding hydrogens is 342 g/mol. The number of benzene rings is 1. The maximum atomic E-state index is 12.7. The van der Waals surface area contributed by atoms with Crippen molar-refractivity contribution in [2.75, 3.05) is 13.1 Å². The number of dihydropyridines is 1. The number of aromatic amines is 1. The van der Waals surface area contributed by atoms with Crippen molar-refractivity contribution in [2.24, 2.45) is 10.9 Å². The molecule has 4 rings (SSSR count). The zero-order valence-corrected chi connectivity index (χ0v) is 15.3. The fourth-order valence-corrected chi connectivity index (χ4v) is 3.62. The molecule has 3 heterocycles. The van der Waals surface area contributed by atoms with Crippen LogP contribution in [0.1, 0.15) is 42.2 Å². The van der Waals surface area contributed by atoms with E-state index in [4.69, 9.17) is 0 Å². The first kappa shape index (κ1) is 17.5. The summed E-state index contributed by atoms with van der Waals surface area (Å²) in [6.07, 6.45) is 6.31. The van der Waals surface area contributed by atoms with Crippen LogP contribution in [0.5, 0.6) is 0 Å². The number of aliphatic imine (C=N–C) groups is 1. The molecule has 2 aromatic rings. The molecule has 2 atom stereocenters. The van der Waals surface area contributed by atoms with E-state index in [1.807, 2.05) is 18.2 Å². The Morgan fingerprint density at radius 2 is 2.19 bits per heavy atom. The number of nitrogens with one attached hydrogen (secondary N) is 3. The van der Waals surface area contributed by atoms with Crippen molar-refractivity contribution < 1.29 is 9.59 Å². The van der Waals surface area contributed by atoms with Crippen LogP contribution >= 0.6 is 0 Å². The first-order valence-electron chi connectivity index (χ1n) is 9.40. The smallest absolute Gasteiger partial charge is 0.251 e. The molecule has 0 bridgehead atoms. The summed E-state index contributed by atoms with van der Waals surface area (Å²) in [6.45, 7) is 3.52. The van der Waals surface area contributed by atoms with Crippen LogP contribution in [0.15, 0.2) is 29.3 Å². The topological polar surface area (TPSA) is 99.2 Å². The van der Waals surface area contributed by atoms with Crippen LogP contribution < -0.4 is 10.6 Å². The Hall–Kier alpha value is -2.96. The van der Waals surface area contributed by atoms with Crippen LogP contribution in [0.25, 0.3) is 16.5 Å². The van der Waals surface area contributed by atoms with Gasteiger partial charge in [0.05, 0.1) is 11.2 Å². The van der Waals surface area contributed by atoms with Crippen LogP contribution in [-0.2, 0) is 4.79 Å². The summed E-state index contributed by atoms with van der Waals surface area (Å²) in [4.78, 5) is 29.1. The van der Waals surface area contributed by atoms with Gasteiger partial charge in [0, 0.05) is 36.2 Å². The Balaban J connectivity index is 1.62. The molecular formula is C20H23N5O2. The number of aromatic nitrogens is 2. The number of hydrogen-bond donors (Lipinski definition) is 3. The van der Waals surface area contributed by atoms with Gasteiger partial charge in [-0.05, 0) is 49.1 Å². The van der Waals surface area contributed by atoms with E-state index in [0.717, 1.165) is 41.6 Å². The first-order chi connectivity index (χ1) is 13.1. The number of amides is 2. The van der Waals surface area contributed by atoms with Crippen LogP contribution in [0.4, 0.5) is 0 Å². The highest BCUT2D eigenvalue weighted by Gasteiger charge is 2.24. The van der Waals surface area contributed by atoms with Gasteiger partial charge >= 0.3 is 0 Å². The van der Waals surface area contributed by atoms with E-state index in [2.05, 4.69) is 32.7 Å². The summed E-state index contributed by atoms with van der Waals surface area (Å²) in [6, 6.07) is 4.98. The second-order valence-corrected chi connectivity index (χ2v) is 7.18. The number of carbonyl (C=O) groups excluding carboxylic acids is 2. The molecule has 7 nitrogen and oxygen atoms in total. The molecule has 0 radical (unpaired) electrons. The minimum Gasteiger partial charge on any atom is -0.354 e. The Morgan fingerprint density at radius 1 is 1.30 bits per heavy atom. The summed E-state index contributed by atoms with van der Waals surface area (Å²) in [5, 5.41) is 14.1. The second kappa shape index (κ2) is 7.34. The molecule has 2 aliphatic rings. The lowest BCUT2D eigenvalue weighted by molar-refractivity contribution is -0.122. The van der Waals surface area contributed by atoms with E-state index in [1.54, 1.807) is 12.3 Å². The van der Waals surface area contributed by atoms with Crippen molar-refractivity contribution in [1.82, 2.24) is 20.8 Å². The van der Waals surface area contributed by atoms with Crippen molar-refractivity contribution >= 4 is 34.5 Å². The minimum atomic E-state index is -0.475. The molecule has 7 heteroatoms. The SMILES string of the molecule is CC1CN=CC=C1c1n[nH]c2ccc(C(=O)NC3CCCCNC3=O)cc12. The highest BCUT2D eigenvalue weighted by molar-refractivity contribution is 6.03. The van der Waals surface area contributed by atoms with Gasteiger partial charge in [-0.15, -0.1) is 0 Å². The van der Waals surface area contributed by atoms with Gasteiger partial charge in [-0.1, -0.05) is 6.92 Å². The molecule has 0 saturated carbocycles. The summed E-state index contributed by atoms with van der Waals surface area (Å²) < 4.78 is 0. The Kier molecular flexibility index (Phi) is 4.75. The molecule has 27 heavy (non-hydrogen) atoms. The molecule has 1 saturated heterocycles. The molecule has 2 amide bonds. The number of carbonyl (C=O) groups is 2. The van der Waals surface area contributed by atoms with E-state index < -0.39 is 6.04 Å². The Morgan fingerprint density at radius 3 is 3.04 bits per heavy atom. The van der Waals surface area contributed by atoms with Gasteiger partial charge < -0.3 is 10.6 Å². The maximum Gasteiger partial charge on any atom is 0.251 e. The number of allylic oxidation sites excluding steroid dienone is 1. The molecule has 2 unspecified atom stereocenters. The summed E-state index contributed by atoms with van der Waals surface area (Å²) in [7, 11) is 0. The van der Waals surface area contributed by atoms with Crippen LogP contribution in [0.2, 0.25) is 0 Å². The number of nitrogens with zero attached hydrogens (tertiary/aromatic N) is 2. The van der Waals surface area contributed by atoms with Crippen LogP contribution in [0.3, 0.4) is 0 Å². The molecule has 1 fully saturated rings. The van der Waals surface area contributed by atoms with Gasteiger partial charge in [0.25, 0.3) is 5.91 Å². The molecule has 140 valence electrons. The lowest BCUT2D eigenvalue weighted by atomic mass is 9.94. The van der Waals surface area contributed by atoms with Crippen LogP contribution in [0, 0.1) is 5.92 Å². The number of hydrogen-bond acceptors (Lipinski definition) is 4. The van der Waals surface area contributed by atoms with Gasteiger partial charge in [-0.3, -0.25) is 19.7 Å². The molecule has 0 aliphatic carbocycles. The normalized spacial score (nSPS) is 22.9. The third-order valence-electron chi connectivity index (χ3n) is 5.21. The highest BCUT2D eigenvalue weighted by Crippen LogP contribution is 2.30. The maximum absolute atomic E-state index is 12.7. The Labute approximate surface area is 157 Å². The summed E-state index contributed by atoms with van der Waals surface area (Å²) in [5.41, 5.74) is 3.37. The minimum absolute atomic E-state index is 0.105. The van der Waals surface area contributed by atoms with E-state index in [-0.39, 0.29) is 17.7 Å². The van der Waals surface area contributed by atoms with Gasteiger partial charge in [-0.25, -0.2) is 0 Å². The largest absolute Gasteiger partial charge is 0.354 e. The van der Waals surface area contributed by atoms with Crippen LogP contribution in [-0.4, -0.2) is 47.4 Å². The predicted molar refractivity (Wildman–Crippen MR) is 105 cm³/mol. The lowest BCUT2D eigenvalue weighted by Gasteiger charge is -2.16.